The van der Waals surface area contributed by atoms with Crippen molar-refractivity contribution in [1.82, 2.24) is 4.31 Å². The van der Waals surface area contributed by atoms with Crippen molar-refractivity contribution in [2.75, 3.05) is 13.1 Å². The van der Waals surface area contributed by atoms with Crippen LogP contribution in [0.5, 0.6) is 0 Å². The van der Waals surface area contributed by atoms with E-state index in [1.807, 2.05) is 24.3 Å². The van der Waals surface area contributed by atoms with Gasteiger partial charge in [-0.25, -0.2) is 8.42 Å². The Hall–Kier alpha value is -1.65. The Morgan fingerprint density at radius 3 is 2.36 bits per heavy atom. The van der Waals surface area contributed by atoms with Crippen molar-refractivity contribution in [2.24, 2.45) is 0 Å². The third-order valence-corrected chi connectivity index (χ3v) is 6.72. The van der Waals surface area contributed by atoms with Crippen molar-refractivity contribution >= 4 is 10.0 Å². The molecule has 0 N–H and O–H groups in total. The molecule has 1 saturated heterocycles. The summed E-state index contributed by atoms with van der Waals surface area (Å²) in [5.41, 5.74) is 4.44. The van der Waals surface area contributed by atoms with Crippen molar-refractivity contribution in [1.29, 1.82) is 0 Å². The molecule has 4 rings (SSSR count). The van der Waals surface area contributed by atoms with Crippen LogP contribution < -0.4 is 0 Å². The topological polar surface area (TPSA) is 37.4 Å². The van der Waals surface area contributed by atoms with E-state index in [-0.39, 0.29) is 0 Å². The quantitative estimate of drug-likeness (QED) is 0.727. The summed E-state index contributed by atoms with van der Waals surface area (Å²) in [6.45, 7) is 1.30. The maximum Gasteiger partial charge on any atom is 0.243 e. The van der Waals surface area contributed by atoms with Gasteiger partial charge in [-0.15, -0.1) is 0 Å². The lowest BCUT2D eigenvalue weighted by atomic mass is 10.1. The van der Waals surface area contributed by atoms with Crippen molar-refractivity contribution in [3.05, 3.63) is 53.6 Å². The molecule has 0 spiro atoms. The second-order valence-electron chi connectivity index (χ2n) is 6.08. The van der Waals surface area contributed by atoms with Gasteiger partial charge in [0.15, 0.2) is 0 Å². The normalized spacial score (nSPS) is 18.0. The number of rotatable bonds is 2. The third-order valence-electron chi connectivity index (χ3n) is 4.74. The molecule has 22 heavy (non-hydrogen) atoms. The summed E-state index contributed by atoms with van der Waals surface area (Å²) >= 11 is 0. The van der Waals surface area contributed by atoms with Crippen LogP contribution >= 0.6 is 0 Å². The summed E-state index contributed by atoms with van der Waals surface area (Å²) in [6.07, 6.45) is 3.78. The summed E-state index contributed by atoms with van der Waals surface area (Å²) in [7, 11) is -3.37. The standard InChI is InChI=1S/C18H19NO2S/c20-22(21,19-11-4-1-5-12-19)18-10-6-9-16-15-8-3-2-7-14(15)13-17(16)18/h2-3,6-10H,1,4-5,11-13H2. The van der Waals surface area contributed by atoms with Gasteiger partial charge in [-0.1, -0.05) is 42.8 Å². The minimum absolute atomic E-state index is 0.503. The summed E-state index contributed by atoms with van der Waals surface area (Å²) < 4.78 is 27.7. The fraction of sp³-hybridized carbons (Fsp3) is 0.333. The van der Waals surface area contributed by atoms with Gasteiger partial charge < -0.3 is 0 Å². The molecule has 114 valence electrons. The van der Waals surface area contributed by atoms with Crippen LogP contribution in [-0.4, -0.2) is 25.8 Å². The average Bonchev–Trinajstić information content (AvgIpc) is 2.94. The van der Waals surface area contributed by atoms with E-state index in [0.29, 0.717) is 18.0 Å². The number of benzene rings is 2. The molecule has 3 nitrogen and oxygen atoms in total. The van der Waals surface area contributed by atoms with E-state index in [0.717, 1.165) is 36.8 Å². The van der Waals surface area contributed by atoms with Crippen molar-refractivity contribution in [3.8, 4) is 11.1 Å². The molecule has 0 atom stereocenters. The summed E-state index contributed by atoms with van der Waals surface area (Å²) in [4.78, 5) is 0.503. The molecule has 0 amide bonds. The van der Waals surface area contributed by atoms with E-state index < -0.39 is 10.0 Å². The van der Waals surface area contributed by atoms with E-state index in [1.165, 1.54) is 11.1 Å². The molecule has 0 aromatic heterocycles. The molecule has 2 aromatic carbocycles. The van der Waals surface area contributed by atoms with Gasteiger partial charge in [-0.3, -0.25) is 0 Å². The summed E-state index contributed by atoms with van der Waals surface area (Å²) in [6, 6.07) is 13.9. The summed E-state index contributed by atoms with van der Waals surface area (Å²) in [5, 5.41) is 0. The zero-order valence-electron chi connectivity index (χ0n) is 12.5. The molecule has 2 aromatic rings. The van der Waals surface area contributed by atoms with Crippen molar-refractivity contribution in [2.45, 2.75) is 30.6 Å². The molecule has 4 heteroatoms. The monoisotopic (exact) mass is 313 g/mol. The number of hydrogen-bond donors (Lipinski definition) is 0. The molecule has 1 aliphatic heterocycles. The van der Waals surface area contributed by atoms with Crippen LogP contribution in [0.4, 0.5) is 0 Å². The lowest BCUT2D eigenvalue weighted by molar-refractivity contribution is 0.346. The van der Waals surface area contributed by atoms with Gasteiger partial charge in [0.25, 0.3) is 0 Å². The highest BCUT2D eigenvalue weighted by molar-refractivity contribution is 7.89. The molecule has 1 heterocycles. The highest BCUT2D eigenvalue weighted by atomic mass is 32.2. The fourth-order valence-corrected chi connectivity index (χ4v) is 5.38. The van der Waals surface area contributed by atoms with E-state index in [4.69, 9.17) is 0 Å². The first kappa shape index (κ1) is 14.0. The third kappa shape index (κ3) is 2.09. The fourth-order valence-electron chi connectivity index (χ4n) is 3.61. The highest BCUT2D eigenvalue weighted by Crippen LogP contribution is 2.40. The number of piperidine rings is 1. The Kier molecular flexibility index (Phi) is 3.31. The Morgan fingerprint density at radius 1 is 0.818 bits per heavy atom. The molecule has 0 radical (unpaired) electrons. The molecular weight excluding hydrogens is 294 g/mol. The van der Waals surface area contributed by atoms with Gasteiger partial charge in [0, 0.05) is 19.5 Å². The molecule has 2 aliphatic rings. The van der Waals surface area contributed by atoms with E-state index in [2.05, 4.69) is 12.1 Å². The van der Waals surface area contributed by atoms with Crippen LogP contribution in [0.3, 0.4) is 0 Å². The zero-order chi connectivity index (χ0) is 15.2. The maximum atomic E-state index is 13.0. The first-order chi connectivity index (χ1) is 10.7. The second kappa shape index (κ2) is 5.21. The second-order valence-corrected chi connectivity index (χ2v) is 7.99. The van der Waals surface area contributed by atoms with Gasteiger partial charge in [0.1, 0.15) is 0 Å². The van der Waals surface area contributed by atoms with E-state index >= 15 is 0 Å². The highest BCUT2D eigenvalue weighted by Gasteiger charge is 2.31. The number of hydrogen-bond acceptors (Lipinski definition) is 2. The van der Waals surface area contributed by atoms with Gasteiger partial charge >= 0.3 is 0 Å². The van der Waals surface area contributed by atoms with Crippen LogP contribution in [0.2, 0.25) is 0 Å². The lowest BCUT2D eigenvalue weighted by Gasteiger charge is -2.26. The van der Waals surface area contributed by atoms with Crippen molar-refractivity contribution < 1.29 is 8.42 Å². The van der Waals surface area contributed by atoms with Crippen LogP contribution in [0.25, 0.3) is 11.1 Å². The van der Waals surface area contributed by atoms with Gasteiger partial charge in [0.2, 0.25) is 10.0 Å². The first-order valence-corrected chi connectivity index (χ1v) is 9.32. The van der Waals surface area contributed by atoms with Crippen LogP contribution in [0.1, 0.15) is 30.4 Å². The van der Waals surface area contributed by atoms with Crippen LogP contribution in [0, 0.1) is 0 Å². The Morgan fingerprint density at radius 2 is 1.55 bits per heavy atom. The van der Waals surface area contributed by atoms with E-state index in [1.54, 1.807) is 10.4 Å². The Labute approximate surface area is 131 Å². The zero-order valence-corrected chi connectivity index (χ0v) is 13.3. The summed E-state index contributed by atoms with van der Waals surface area (Å²) in [5.74, 6) is 0. The largest absolute Gasteiger partial charge is 0.243 e. The lowest BCUT2D eigenvalue weighted by Crippen LogP contribution is -2.36. The van der Waals surface area contributed by atoms with E-state index in [9.17, 15) is 8.42 Å². The van der Waals surface area contributed by atoms with Crippen LogP contribution in [-0.2, 0) is 16.4 Å². The molecule has 0 saturated carbocycles. The van der Waals surface area contributed by atoms with Gasteiger partial charge in [-0.05, 0) is 41.2 Å². The number of nitrogens with zero attached hydrogens (tertiary/aromatic N) is 1. The first-order valence-electron chi connectivity index (χ1n) is 7.88. The van der Waals surface area contributed by atoms with Gasteiger partial charge in [0.05, 0.1) is 4.90 Å². The smallest absolute Gasteiger partial charge is 0.207 e. The predicted octanol–water partition coefficient (Wildman–Crippen LogP) is 3.43. The Bertz CT molecular complexity index is 821. The SMILES string of the molecule is O=S(=O)(c1cccc2c1Cc1ccccc1-2)N1CCCCC1. The molecule has 1 aliphatic carbocycles. The molecule has 1 fully saturated rings. The maximum absolute atomic E-state index is 13.0. The number of sulfonamides is 1. The molecule has 0 unspecified atom stereocenters. The van der Waals surface area contributed by atoms with Gasteiger partial charge in [-0.2, -0.15) is 4.31 Å². The minimum atomic E-state index is -3.37. The molecule has 0 bridgehead atoms. The van der Waals surface area contributed by atoms with Crippen LogP contribution in [0.15, 0.2) is 47.4 Å². The average molecular weight is 313 g/mol. The minimum Gasteiger partial charge on any atom is -0.207 e. The van der Waals surface area contributed by atoms with Crippen molar-refractivity contribution in [3.63, 3.8) is 0 Å². The number of fused-ring (bicyclic) bond motifs is 3. The molecular formula is C18H19NO2S. The Balaban J connectivity index is 1.82. The predicted molar refractivity (Wildman–Crippen MR) is 87.3 cm³/mol.